The maximum absolute atomic E-state index is 11.9. The van der Waals surface area contributed by atoms with Crippen LogP contribution in [0.2, 0.25) is 0 Å². The van der Waals surface area contributed by atoms with Gasteiger partial charge in [0, 0.05) is 51.0 Å². The molecule has 1 fully saturated rings. The third-order valence-corrected chi connectivity index (χ3v) is 4.38. The molecule has 164 valence electrons. The minimum Gasteiger partial charge on any atom is -0.493 e. The molecule has 0 aromatic heterocycles. The molecule has 2 rings (SSSR count). The van der Waals surface area contributed by atoms with Gasteiger partial charge in [-0.25, -0.2) is 4.99 Å². The zero-order valence-electron chi connectivity index (χ0n) is 17.6. The lowest BCUT2D eigenvalue weighted by Gasteiger charge is -2.18. The Labute approximate surface area is 189 Å². The standard InChI is InChI=1S/C19H30N4O5.HI/c1-23(2)17(24)11-21-19(20-10-13-6-7-28-12-13)22-14-8-15(25-3)18(27-5)16(9-14)26-4;/h8-9,13H,6-7,10-12H2,1-5H3,(H2,20,21,22);1H. The zero-order chi connectivity index (χ0) is 20.5. The number of anilines is 1. The van der Waals surface area contributed by atoms with Crippen molar-refractivity contribution < 1.29 is 23.7 Å². The highest BCUT2D eigenvalue weighted by atomic mass is 127. The molecule has 1 aliphatic rings. The molecule has 1 heterocycles. The van der Waals surface area contributed by atoms with Gasteiger partial charge in [0.2, 0.25) is 11.7 Å². The summed E-state index contributed by atoms with van der Waals surface area (Å²) in [7, 11) is 8.08. The molecule has 1 aromatic rings. The van der Waals surface area contributed by atoms with Gasteiger partial charge >= 0.3 is 0 Å². The molecule has 29 heavy (non-hydrogen) atoms. The third kappa shape index (κ3) is 7.42. The predicted molar refractivity (Wildman–Crippen MR) is 123 cm³/mol. The quantitative estimate of drug-likeness (QED) is 0.306. The Morgan fingerprint density at radius 2 is 1.86 bits per heavy atom. The van der Waals surface area contributed by atoms with Gasteiger partial charge in [0.25, 0.3) is 0 Å². The first-order valence-electron chi connectivity index (χ1n) is 9.11. The topological polar surface area (TPSA) is 93.7 Å². The number of rotatable bonds is 8. The number of carbonyl (C=O) groups excluding carboxylic acids is 1. The fourth-order valence-corrected chi connectivity index (χ4v) is 2.70. The number of guanidine groups is 1. The second-order valence-electron chi connectivity index (χ2n) is 6.60. The Balaban J connectivity index is 0.00000420. The number of benzene rings is 1. The third-order valence-electron chi connectivity index (χ3n) is 4.38. The Kier molecular flexibility index (Phi) is 10.9. The van der Waals surface area contributed by atoms with Gasteiger partial charge in [-0.05, 0) is 6.42 Å². The van der Waals surface area contributed by atoms with Gasteiger partial charge < -0.3 is 34.5 Å². The summed E-state index contributed by atoms with van der Waals surface area (Å²) in [4.78, 5) is 17.8. The van der Waals surface area contributed by atoms with Crippen LogP contribution >= 0.6 is 24.0 Å². The summed E-state index contributed by atoms with van der Waals surface area (Å²) in [5.74, 6) is 2.38. The molecule has 0 spiro atoms. The number of hydrogen-bond acceptors (Lipinski definition) is 6. The second kappa shape index (κ2) is 12.6. The first-order valence-corrected chi connectivity index (χ1v) is 9.11. The number of amides is 1. The fourth-order valence-electron chi connectivity index (χ4n) is 2.70. The molecule has 9 nitrogen and oxygen atoms in total. The van der Waals surface area contributed by atoms with Crippen molar-refractivity contribution in [3.63, 3.8) is 0 Å². The zero-order valence-corrected chi connectivity index (χ0v) is 19.9. The molecule has 1 amide bonds. The lowest BCUT2D eigenvalue weighted by Crippen LogP contribution is -2.36. The molecule has 0 saturated carbocycles. The number of aliphatic imine (C=N–C) groups is 1. The summed E-state index contributed by atoms with van der Waals surface area (Å²) >= 11 is 0. The monoisotopic (exact) mass is 522 g/mol. The van der Waals surface area contributed by atoms with E-state index in [0.29, 0.717) is 41.4 Å². The first-order chi connectivity index (χ1) is 13.5. The number of likely N-dealkylation sites (N-methyl/N-ethyl adjacent to an activating group) is 1. The van der Waals surface area contributed by atoms with Crippen LogP contribution in [0.15, 0.2) is 17.1 Å². The fraction of sp³-hybridized carbons (Fsp3) is 0.579. The normalized spacial score (nSPS) is 15.9. The van der Waals surface area contributed by atoms with E-state index < -0.39 is 0 Å². The molecule has 1 saturated heterocycles. The number of methoxy groups -OCH3 is 3. The number of hydrogen-bond donors (Lipinski definition) is 2. The van der Waals surface area contributed by atoms with E-state index in [0.717, 1.165) is 19.6 Å². The molecule has 0 bridgehead atoms. The summed E-state index contributed by atoms with van der Waals surface area (Å²) in [5, 5.41) is 6.49. The summed E-state index contributed by atoms with van der Waals surface area (Å²) in [5.41, 5.74) is 0.695. The van der Waals surface area contributed by atoms with E-state index in [2.05, 4.69) is 15.6 Å². The van der Waals surface area contributed by atoms with E-state index in [1.807, 2.05) is 0 Å². The maximum atomic E-state index is 11.9. The summed E-state index contributed by atoms with van der Waals surface area (Å²) in [6.45, 7) is 2.24. The van der Waals surface area contributed by atoms with E-state index in [1.165, 1.54) is 4.90 Å². The highest BCUT2D eigenvalue weighted by Crippen LogP contribution is 2.39. The molecular weight excluding hydrogens is 491 g/mol. The van der Waals surface area contributed by atoms with Gasteiger partial charge in [-0.3, -0.25) is 4.79 Å². The van der Waals surface area contributed by atoms with Gasteiger partial charge in [-0.1, -0.05) is 0 Å². The van der Waals surface area contributed by atoms with Gasteiger partial charge in [0.15, 0.2) is 17.5 Å². The van der Waals surface area contributed by atoms with Crippen molar-refractivity contribution in [3.8, 4) is 17.2 Å². The van der Waals surface area contributed by atoms with Crippen LogP contribution in [-0.4, -0.2) is 78.5 Å². The van der Waals surface area contributed by atoms with Gasteiger partial charge in [0.1, 0.15) is 6.54 Å². The van der Waals surface area contributed by atoms with Gasteiger partial charge in [-0.15, -0.1) is 24.0 Å². The Bertz CT molecular complexity index is 668. The van der Waals surface area contributed by atoms with Gasteiger partial charge in [-0.2, -0.15) is 0 Å². The average Bonchev–Trinajstić information content (AvgIpc) is 3.22. The van der Waals surface area contributed by atoms with E-state index in [-0.39, 0.29) is 36.4 Å². The summed E-state index contributed by atoms with van der Waals surface area (Å²) in [6, 6.07) is 3.57. The van der Waals surface area contributed by atoms with Crippen LogP contribution in [0.25, 0.3) is 0 Å². The van der Waals surface area contributed by atoms with E-state index in [4.69, 9.17) is 18.9 Å². The van der Waals surface area contributed by atoms with Crippen LogP contribution in [0, 0.1) is 5.92 Å². The number of nitrogens with zero attached hydrogens (tertiary/aromatic N) is 2. The van der Waals surface area contributed by atoms with Crippen LogP contribution in [0.5, 0.6) is 17.2 Å². The number of ether oxygens (including phenoxy) is 4. The van der Waals surface area contributed by atoms with Crippen LogP contribution in [0.1, 0.15) is 6.42 Å². The maximum Gasteiger partial charge on any atom is 0.243 e. The molecule has 10 heteroatoms. The van der Waals surface area contributed by atoms with E-state index in [1.54, 1.807) is 47.6 Å². The average molecular weight is 522 g/mol. The van der Waals surface area contributed by atoms with Crippen molar-refractivity contribution in [2.24, 2.45) is 10.9 Å². The molecule has 1 unspecified atom stereocenters. The second-order valence-corrected chi connectivity index (χ2v) is 6.60. The molecule has 0 radical (unpaired) electrons. The van der Waals surface area contributed by atoms with E-state index >= 15 is 0 Å². The highest BCUT2D eigenvalue weighted by molar-refractivity contribution is 14.0. The van der Waals surface area contributed by atoms with Crippen molar-refractivity contribution in [2.45, 2.75) is 6.42 Å². The summed E-state index contributed by atoms with van der Waals surface area (Å²) in [6.07, 6.45) is 1.00. The van der Waals surface area contributed by atoms with E-state index in [9.17, 15) is 4.79 Å². The SMILES string of the molecule is COc1cc(NC(=NCC(=O)N(C)C)NCC2CCOC2)cc(OC)c1OC.I. The van der Waals surface area contributed by atoms with Crippen LogP contribution in [0.4, 0.5) is 5.69 Å². The minimum atomic E-state index is -0.0878. The van der Waals surface area contributed by atoms with Gasteiger partial charge in [0.05, 0.1) is 27.9 Å². The lowest BCUT2D eigenvalue weighted by molar-refractivity contribution is -0.127. The van der Waals surface area contributed by atoms with Crippen molar-refractivity contribution in [1.29, 1.82) is 0 Å². The lowest BCUT2D eigenvalue weighted by atomic mass is 10.1. The Hall–Kier alpha value is -1.95. The number of carbonyl (C=O) groups is 1. The summed E-state index contributed by atoms with van der Waals surface area (Å²) < 4.78 is 21.5. The van der Waals surface area contributed by atoms with Crippen molar-refractivity contribution in [1.82, 2.24) is 10.2 Å². The molecular formula is C19H31IN4O5. The van der Waals surface area contributed by atoms with Crippen LogP contribution in [-0.2, 0) is 9.53 Å². The van der Waals surface area contributed by atoms with Crippen LogP contribution < -0.4 is 24.8 Å². The Morgan fingerprint density at radius 1 is 1.21 bits per heavy atom. The number of nitrogens with one attached hydrogen (secondary N) is 2. The van der Waals surface area contributed by atoms with Crippen molar-refractivity contribution in [2.75, 3.05) is 67.0 Å². The smallest absolute Gasteiger partial charge is 0.243 e. The molecule has 2 N–H and O–H groups in total. The first kappa shape index (κ1) is 25.1. The van der Waals surface area contributed by atoms with Crippen molar-refractivity contribution >= 4 is 41.5 Å². The molecule has 1 aliphatic heterocycles. The molecule has 0 aliphatic carbocycles. The highest BCUT2D eigenvalue weighted by Gasteiger charge is 2.17. The molecule has 1 aromatic carbocycles. The minimum absolute atomic E-state index is 0. The van der Waals surface area contributed by atoms with Crippen molar-refractivity contribution in [3.05, 3.63) is 12.1 Å². The largest absolute Gasteiger partial charge is 0.493 e. The van der Waals surface area contributed by atoms with Crippen LogP contribution in [0.3, 0.4) is 0 Å². The molecule has 1 atom stereocenters. The number of halogens is 1. The Morgan fingerprint density at radius 3 is 2.34 bits per heavy atom. The predicted octanol–water partition coefficient (Wildman–Crippen LogP) is 1.81.